The fourth-order valence-corrected chi connectivity index (χ4v) is 2.75. The number of pyridine rings is 1. The fraction of sp³-hybridized carbons (Fsp3) is 0.583. The van der Waals surface area contributed by atoms with Crippen LogP contribution in [0.4, 0.5) is 5.82 Å². The van der Waals surface area contributed by atoms with Crippen LogP contribution in [0, 0.1) is 5.92 Å². The highest BCUT2D eigenvalue weighted by atomic mass is 35.5. The number of alkyl halides is 1. The molecular weight excluding hydrogens is 208 g/mol. The Morgan fingerprint density at radius 3 is 3.07 bits per heavy atom. The van der Waals surface area contributed by atoms with Gasteiger partial charge in [-0.25, -0.2) is 4.98 Å². The molecule has 2 rings (SSSR count). The van der Waals surface area contributed by atoms with Crippen LogP contribution in [0.1, 0.15) is 31.2 Å². The summed E-state index contributed by atoms with van der Waals surface area (Å²) in [5, 5.41) is 0.363. The molecule has 1 fully saturated rings. The van der Waals surface area contributed by atoms with Gasteiger partial charge in [0.15, 0.2) is 0 Å². The Morgan fingerprint density at radius 1 is 1.47 bits per heavy atom. The molecule has 2 unspecified atom stereocenters. The minimum absolute atomic E-state index is 0.363. The second-order valence-electron chi connectivity index (χ2n) is 4.38. The van der Waals surface area contributed by atoms with E-state index < -0.39 is 0 Å². The zero-order chi connectivity index (χ0) is 10.7. The van der Waals surface area contributed by atoms with Crippen molar-refractivity contribution in [2.75, 3.05) is 5.73 Å². The van der Waals surface area contributed by atoms with Crippen molar-refractivity contribution in [1.82, 2.24) is 4.98 Å². The van der Waals surface area contributed by atoms with E-state index in [0.29, 0.717) is 17.1 Å². The van der Waals surface area contributed by atoms with Crippen molar-refractivity contribution in [2.45, 2.75) is 37.5 Å². The Kier molecular flexibility index (Phi) is 3.47. The number of rotatable bonds is 2. The molecule has 2 N–H and O–H groups in total. The molecule has 0 radical (unpaired) electrons. The van der Waals surface area contributed by atoms with Crippen molar-refractivity contribution in [1.29, 1.82) is 0 Å². The molecule has 0 saturated heterocycles. The van der Waals surface area contributed by atoms with E-state index >= 15 is 0 Å². The largest absolute Gasteiger partial charge is 0.383 e. The summed E-state index contributed by atoms with van der Waals surface area (Å²) in [6, 6.07) is 4.02. The summed E-state index contributed by atoms with van der Waals surface area (Å²) >= 11 is 6.17. The normalized spacial score (nSPS) is 26.5. The quantitative estimate of drug-likeness (QED) is 0.785. The molecule has 0 aromatic carbocycles. The molecule has 0 amide bonds. The number of anilines is 1. The van der Waals surface area contributed by atoms with Gasteiger partial charge >= 0.3 is 0 Å². The highest BCUT2D eigenvalue weighted by Crippen LogP contribution is 2.30. The molecule has 2 atom stereocenters. The average molecular weight is 225 g/mol. The first-order chi connectivity index (χ1) is 7.25. The van der Waals surface area contributed by atoms with E-state index in [0.717, 1.165) is 12.8 Å². The monoisotopic (exact) mass is 224 g/mol. The number of hydrogen-bond donors (Lipinski definition) is 1. The highest BCUT2D eigenvalue weighted by Gasteiger charge is 2.21. The zero-order valence-electron chi connectivity index (χ0n) is 8.82. The van der Waals surface area contributed by atoms with E-state index in [1.165, 1.54) is 24.8 Å². The van der Waals surface area contributed by atoms with Crippen LogP contribution in [-0.2, 0) is 6.42 Å². The van der Waals surface area contributed by atoms with E-state index in [2.05, 4.69) is 11.1 Å². The maximum absolute atomic E-state index is 6.17. The fourth-order valence-electron chi connectivity index (χ4n) is 2.35. The van der Waals surface area contributed by atoms with Gasteiger partial charge in [0, 0.05) is 11.6 Å². The van der Waals surface area contributed by atoms with Crippen LogP contribution in [0.15, 0.2) is 18.3 Å². The Morgan fingerprint density at radius 2 is 2.33 bits per heavy atom. The molecule has 3 heteroatoms. The number of nitrogen functional groups attached to an aromatic ring is 1. The minimum Gasteiger partial charge on any atom is -0.383 e. The van der Waals surface area contributed by atoms with Gasteiger partial charge < -0.3 is 5.73 Å². The van der Waals surface area contributed by atoms with Gasteiger partial charge in [-0.1, -0.05) is 18.9 Å². The van der Waals surface area contributed by atoms with Crippen molar-refractivity contribution in [3.05, 3.63) is 23.9 Å². The Bertz CT molecular complexity index is 327. The van der Waals surface area contributed by atoms with Crippen molar-refractivity contribution >= 4 is 17.4 Å². The minimum atomic E-state index is 0.363. The third-order valence-electron chi connectivity index (χ3n) is 3.15. The SMILES string of the molecule is Nc1ncccc1CC1CCCC(Cl)C1. The van der Waals surface area contributed by atoms with Gasteiger partial charge in [-0.3, -0.25) is 0 Å². The standard InChI is InChI=1S/C12H17ClN2/c13-11-5-1-3-9(8-11)7-10-4-2-6-15-12(10)14/h2,4,6,9,11H,1,3,5,7-8H2,(H2,14,15). The number of nitrogens with two attached hydrogens (primary N) is 1. The first-order valence-corrected chi connectivity index (χ1v) is 6.03. The van der Waals surface area contributed by atoms with Crippen LogP contribution >= 0.6 is 11.6 Å². The van der Waals surface area contributed by atoms with E-state index in [-0.39, 0.29) is 0 Å². The Labute approximate surface area is 95.8 Å². The number of halogens is 1. The topological polar surface area (TPSA) is 38.9 Å². The van der Waals surface area contributed by atoms with E-state index in [9.17, 15) is 0 Å². The number of hydrogen-bond acceptors (Lipinski definition) is 2. The molecule has 15 heavy (non-hydrogen) atoms. The molecule has 1 heterocycles. The second kappa shape index (κ2) is 4.84. The van der Waals surface area contributed by atoms with Gasteiger partial charge in [-0.05, 0) is 36.8 Å². The Balaban J connectivity index is 1.99. The van der Waals surface area contributed by atoms with Crippen LogP contribution in [0.3, 0.4) is 0 Å². The summed E-state index contributed by atoms with van der Waals surface area (Å²) in [6.07, 6.45) is 7.58. The third-order valence-corrected chi connectivity index (χ3v) is 3.55. The molecule has 2 nitrogen and oxygen atoms in total. The molecule has 0 bridgehead atoms. The van der Waals surface area contributed by atoms with Gasteiger partial charge in [0.2, 0.25) is 0 Å². The summed E-state index contributed by atoms with van der Waals surface area (Å²) in [5.41, 5.74) is 7.00. The lowest BCUT2D eigenvalue weighted by molar-refractivity contribution is 0.361. The van der Waals surface area contributed by atoms with Crippen molar-refractivity contribution in [3.63, 3.8) is 0 Å². The maximum Gasteiger partial charge on any atom is 0.126 e. The van der Waals surface area contributed by atoms with Gasteiger partial charge in [0.25, 0.3) is 0 Å². The molecule has 1 aliphatic rings. The summed E-state index contributed by atoms with van der Waals surface area (Å²) in [4.78, 5) is 4.11. The van der Waals surface area contributed by atoms with Gasteiger partial charge in [0.05, 0.1) is 0 Å². The lowest BCUT2D eigenvalue weighted by Crippen LogP contribution is -2.18. The molecule has 1 saturated carbocycles. The molecule has 0 spiro atoms. The van der Waals surface area contributed by atoms with E-state index in [1.807, 2.05) is 6.07 Å². The molecule has 1 aromatic heterocycles. The first kappa shape index (κ1) is 10.7. The van der Waals surface area contributed by atoms with Gasteiger partial charge in [-0.2, -0.15) is 0 Å². The van der Waals surface area contributed by atoms with Crippen LogP contribution in [0.2, 0.25) is 0 Å². The molecular formula is C12H17ClN2. The first-order valence-electron chi connectivity index (χ1n) is 5.59. The lowest BCUT2D eigenvalue weighted by atomic mass is 9.84. The van der Waals surface area contributed by atoms with Gasteiger partial charge in [0.1, 0.15) is 5.82 Å². The molecule has 0 aliphatic heterocycles. The average Bonchev–Trinajstić information content (AvgIpc) is 2.22. The smallest absolute Gasteiger partial charge is 0.126 e. The van der Waals surface area contributed by atoms with Crippen molar-refractivity contribution < 1.29 is 0 Å². The van der Waals surface area contributed by atoms with Crippen LogP contribution in [0.5, 0.6) is 0 Å². The summed E-state index contributed by atoms with van der Waals surface area (Å²) in [7, 11) is 0. The maximum atomic E-state index is 6.17. The van der Waals surface area contributed by atoms with Crippen LogP contribution < -0.4 is 5.73 Å². The van der Waals surface area contributed by atoms with Crippen molar-refractivity contribution in [3.8, 4) is 0 Å². The predicted molar refractivity (Wildman–Crippen MR) is 64.0 cm³/mol. The van der Waals surface area contributed by atoms with Crippen molar-refractivity contribution in [2.24, 2.45) is 5.92 Å². The lowest BCUT2D eigenvalue weighted by Gasteiger charge is -2.25. The third kappa shape index (κ3) is 2.85. The second-order valence-corrected chi connectivity index (χ2v) is 5.00. The number of nitrogens with zero attached hydrogens (tertiary/aromatic N) is 1. The summed E-state index contributed by atoms with van der Waals surface area (Å²) < 4.78 is 0. The Hall–Kier alpha value is -0.760. The van der Waals surface area contributed by atoms with Gasteiger partial charge in [-0.15, -0.1) is 11.6 Å². The molecule has 1 aliphatic carbocycles. The highest BCUT2D eigenvalue weighted by molar-refractivity contribution is 6.20. The predicted octanol–water partition coefficient (Wildman–Crippen LogP) is 3.00. The molecule has 1 aromatic rings. The number of aromatic nitrogens is 1. The van der Waals surface area contributed by atoms with E-state index in [1.54, 1.807) is 6.20 Å². The van der Waals surface area contributed by atoms with Crippen LogP contribution in [-0.4, -0.2) is 10.4 Å². The summed E-state index contributed by atoms with van der Waals surface area (Å²) in [5.74, 6) is 1.36. The van der Waals surface area contributed by atoms with Crippen LogP contribution in [0.25, 0.3) is 0 Å². The van der Waals surface area contributed by atoms with E-state index in [4.69, 9.17) is 17.3 Å². The molecule has 82 valence electrons. The summed E-state index contributed by atoms with van der Waals surface area (Å²) in [6.45, 7) is 0. The zero-order valence-corrected chi connectivity index (χ0v) is 9.58.